The molecule has 1 fully saturated rings. The molecule has 1 aliphatic rings. The van der Waals surface area contributed by atoms with Crippen molar-refractivity contribution in [3.63, 3.8) is 0 Å². The van der Waals surface area contributed by atoms with Gasteiger partial charge in [0.05, 0.1) is 0 Å². The smallest absolute Gasteiger partial charge is 0.293 e. The molecular formula is C18H27BrN2O3. The first-order chi connectivity index (χ1) is 11.2. The number of benzene rings is 1. The molecule has 1 aliphatic heterocycles. The van der Waals surface area contributed by atoms with E-state index in [0.717, 1.165) is 29.5 Å². The second kappa shape index (κ2) is 9.18. The van der Waals surface area contributed by atoms with Gasteiger partial charge < -0.3 is 15.8 Å². The number of carbonyl (C=O) groups is 2. The number of nitrogens with two attached hydrogens (primary N) is 1. The minimum Gasteiger partial charge on any atom is -0.462 e. The molecule has 0 aromatic heterocycles. The van der Waals surface area contributed by atoms with E-state index in [-0.39, 0.29) is 17.3 Å². The summed E-state index contributed by atoms with van der Waals surface area (Å²) in [5.74, 6) is 0.482. The molecule has 134 valence electrons. The predicted octanol–water partition coefficient (Wildman–Crippen LogP) is 3.27. The van der Waals surface area contributed by atoms with Crippen LogP contribution in [0.1, 0.15) is 45.6 Å². The molecule has 0 bridgehead atoms. The molecule has 24 heavy (non-hydrogen) atoms. The first kappa shape index (κ1) is 20.6. The molecule has 0 amide bonds. The summed E-state index contributed by atoms with van der Waals surface area (Å²) >= 11 is 3.44. The summed E-state index contributed by atoms with van der Waals surface area (Å²) in [5, 5.41) is 3.31. The van der Waals surface area contributed by atoms with Crippen LogP contribution in [0.2, 0.25) is 0 Å². The summed E-state index contributed by atoms with van der Waals surface area (Å²) in [4.78, 5) is 21.5. The van der Waals surface area contributed by atoms with Crippen molar-refractivity contribution >= 4 is 33.9 Å². The number of anilines is 1. The van der Waals surface area contributed by atoms with Crippen molar-refractivity contribution in [3.8, 4) is 0 Å². The molecule has 2 rings (SSSR count). The lowest BCUT2D eigenvalue weighted by Gasteiger charge is -2.22. The van der Waals surface area contributed by atoms with Crippen molar-refractivity contribution in [2.75, 3.05) is 18.8 Å². The number of carbonyl (C=O) groups excluding carboxylic acids is 2. The molecule has 0 spiro atoms. The summed E-state index contributed by atoms with van der Waals surface area (Å²) in [6, 6.07) is 5.74. The maximum atomic E-state index is 11.9. The van der Waals surface area contributed by atoms with Gasteiger partial charge in [0, 0.05) is 16.1 Å². The lowest BCUT2D eigenvalue weighted by Crippen LogP contribution is -2.23. The third-order valence-corrected chi connectivity index (χ3v) is 4.29. The van der Waals surface area contributed by atoms with Crippen LogP contribution in [-0.2, 0) is 14.3 Å². The highest BCUT2D eigenvalue weighted by Gasteiger charge is 2.30. The van der Waals surface area contributed by atoms with Crippen LogP contribution in [0.25, 0.3) is 0 Å². The highest BCUT2D eigenvalue weighted by atomic mass is 79.9. The summed E-state index contributed by atoms with van der Waals surface area (Å²) in [7, 11) is 0. The van der Waals surface area contributed by atoms with E-state index in [1.807, 2.05) is 39.0 Å². The Morgan fingerprint density at radius 3 is 2.54 bits per heavy atom. The fourth-order valence-electron chi connectivity index (χ4n) is 2.73. The van der Waals surface area contributed by atoms with Gasteiger partial charge in [0.2, 0.25) is 0 Å². The topological polar surface area (TPSA) is 81.4 Å². The monoisotopic (exact) mass is 398 g/mol. The van der Waals surface area contributed by atoms with Gasteiger partial charge in [0.1, 0.15) is 11.4 Å². The molecule has 1 heterocycles. The minimum atomic E-state index is -0.318. The van der Waals surface area contributed by atoms with Crippen LogP contribution in [-0.4, -0.2) is 30.9 Å². The molecule has 0 aliphatic carbocycles. The SMILES string of the molecule is CC(=O)C(c1cc(Br)ccc1N)C1CCNC1.CC(C)(C)OC=O. The van der Waals surface area contributed by atoms with Crippen molar-refractivity contribution in [1.82, 2.24) is 5.32 Å². The molecule has 2 unspecified atom stereocenters. The predicted molar refractivity (Wildman–Crippen MR) is 99.9 cm³/mol. The molecule has 3 N–H and O–H groups in total. The van der Waals surface area contributed by atoms with Gasteiger partial charge >= 0.3 is 0 Å². The minimum absolute atomic E-state index is 0.0810. The first-order valence-corrected chi connectivity index (χ1v) is 8.82. The number of Topliss-reactive ketones (excluding diaryl/α,β-unsaturated/α-hetero) is 1. The van der Waals surface area contributed by atoms with Gasteiger partial charge in [-0.2, -0.15) is 0 Å². The molecule has 0 radical (unpaired) electrons. The van der Waals surface area contributed by atoms with Crippen LogP contribution < -0.4 is 11.1 Å². The third-order valence-electron chi connectivity index (χ3n) is 3.79. The molecule has 2 atom stereocenters. The van der Waals surface area contributed by atoms with Crippen LogP contribution in [0.15, 0.2) is 22.7 Å². The Morgan fingerprint density at radius 1 is 1.46 bits per heavy atom. The highest BCUT2D eigenvalue weighted by molar-refractivity contribution is 9.10. The number of nitrogens with one attached hydrogen (secondary N) is 1. The number of hydrogen-bond acceptors (Lipinski definition) is 5. The van der Waals surface area contributed by atoms with Crippen LogP contribution in [0.3, 0.4) is 0 Å². The lowest BCUT2D eigenvalue weighted by molar-refractivity contribution is -0.138. The van der Waals surface area contributed by atoms with Gasteiger partial charge in [-0.3, -0.25) is 9.59 Å². The molecule has 1 aromatic rings. The first-order valence-electron chi connectivity index (χ1n) is 8.03. The van der Waals surface area contributed by atoms with Crippen molar-refractivity contribution in [1.29, 1.82) is 0 Å². The Morgan fingerprint density at radius 2 is 2.12 bits per heavy atom. The Hall–Kier alpha value is -1.40. The Bertz CT molecular complexity index is 564. The molecule has 1 saturated heterocycles. The number of ether oxygens (including phenoxy) is 1. The van der Waals surface area contributed by atoms with E-state index >= 15 is 0 Å². The molecular weight excluding hydrogens is 372 g/mol. The Balaban J connectivity index is 0.000000351. The zero-order valence-corrected chi connectivity index (χ0v) is 16.4. The third kappa shape index (κ3) is 6.61. The second-order valence-electron chi connectivity index (χ2n) is 6.94. The Kier molecular flexibility index (Phi) is 7.90. The zero-order chi connectivity index (χ0) is 18.3. The molecule has 0 saturated carbocycles. The summed E-state index contributed by atoms with van der Waals surface area (Å²) in [5.41, 5.74) is 7.35. The van der Waals surface area contributed by atoms with E-state index in [1.165, 1.54) is 0 Å². The van der Waals surface area contributed by atoms with Crippen molar-refractivity contribution < 1.29 is 14.3 Å². The lowest BCUT2D eigenvalue weighted by atomic mass is 9.82. The summed E-state index contributed by atoms with van der Waals surface area (Å²) in [6.45, 7) is 9.46. The average Bonchev–Trinajstić information content (AvgIpc) is 2.96. The van der Waals surface area contributed by atoms with Crippen molar-refractivity contribution in [2.45, 2.75) is 45.6 Å². The van der Waals surface area contributed by atoms with E-state index in [2.05, 4.69) is 26.0 Å². The van der Waals surface area contributed by atoms with Gasteiger partial charge in [-0.15, -0.1) is 0 Å². The van der Waals surface area contributed by atoms with Crippen LogP contribution in [0, 0.1) is 5.92 Å². The van der Waals surface area contributed by atoms with E-state index in [1.54, 1.807) is 6.92 Å². The zero-order valence-electron chi connectivity index (χ0n) is 14.8. The standard InChI is InChI=1S/C13H17BrN2O.C5H10O2/c1-8(17)13(9-4-5-16-7-9)11-6-10(14)2-3-12(11)15;1-5(2,3)7-4-6/h2-3,6,9,13,16H,4-5,7,15H2,1H3;4H,1-3H3. The van der Waals surface area contributed by atoms with Crippen LogP contribution >= 0.6 is 15.9 Å². The fraction of sp³-hybridized carbons (Fsp3) is 0.556. The number of nitrogen functional groups attached to an aromatic ring is 1. The summed E-state index contributed by atoms with van der Waals surface area (Å²) < 4.78 is 5.52. The molecule has 1 aromatic carbocycles. The number of halogens is 1. The van der Waals surface area contributed by atoms with Crippen LogP contribution in [0.4, 0.5) is 5.69 Å². The fourth-order valence-corrected chi connectivity index (χ4v) is 3.10. The van der Waals surface area contributed by atoms with E-state index in [4.69, 9.17) is 5.73 Å². The molecule has 5 nitrogen and oxygen atoms in total. The van der Waals surface area contributed by atoms with Crippen LogP contribution in [0.5, 0.6) is 0 Å². The second-order valence-corrected chi connectivity index (χ2v) is 7.86. The largest absolute Gasteiger partial charge is 0.462 e. The van der Waals surface area contributed by atoms with Gasteiger partial charge in [0.25, 0.3) is 6.47 Å². The normalized spacial score (nSPS) is 18.3. The maximum absolute atomic E-state index is 11.9. The van der Waals surface area contributed by atoms with E-state index in [9.17, 15) is 9.59 Å². The van der Waals surface area contributed by atoms with Gasteiger partial charge in [-0.25, -0.2) is 0 Å². The average molecular weight is 399 g/mol. The molecule has 6 heteroatoms. The van der Waals surface area contributed by atoms with Gasteiger partial charge in [-0.05, 0) is 76.9 Å². The van der Waals surface area contributed by atoms with Crippen molar-refractivity contribution in [3.05, 3.63) is 28.2 Å². The number of rotatable bonds is 4. The maximum Gasteiger partial charge on any atom is 0.293 e. The Labute approximate surface area is 152 Å². The number of ketones is 1. The quantitative estimate of drug-likeness (QED) is 0.600. The summed E-state index contributed by atoms with van der Waals surface area (Å²) in [6.07, 6.45) is 1.04. The number of hydrogen-bond donors (Lipinski definition) is 2. The van der Waals surface area contributed by atoms with Gasteiger partial charge in [-0.1, -0.05) is 15.9 Å². The van der Waals surface area contributed by atoms with E-state index < -0.39 is 0 Å². The van der Waals surface area contributed by atoms with Gasteiger partial charge in [0.15, 0.2) is 0 Å². The van der Waals surface area contributed by atoms with E-state index in [0.29, 0.717) is 18.1 Å². The highest BCUT2D eigenvalue weighted by Crippen LogP contribution is 2.34. The van der Waals surface area contributed by atoms with Crippen molar-refractivity contribution in [2.24, 2.45) is 5.92 Å².